The molecule has 0 N–H and O–H groups in total. The average Bonchev–Trinajstić information content (AvgIpc) is 2.41. The van der Waals surface area contributed by atoms with Gasteiger partial charge in [-0.2, -0.15) is 5.26 Å². The number of para-hydroxylation sites is 1. The Bertz CT molecular complexity index is 414. The minimum absolute atomic E-state index is 0.679. The Morgan fingerprint density at radius 1 is 1.17 bits per heavy atom. The van der Waals surface area contributed by atoms with Gasteiger partial charge in [0.15, 0.2) is 0 Å². The third kappa shape index (κ3) is 3.24. The summed E-state index contributed by atoms with van der Waals surface area (Å²) in [5.41, 5.74) is 2.73. The summed E-state index contributed by atoms with van der Waals surface area (Å²) < 4.78 is 0. The first-order valence-corrected chi connectivity index (χ1v) is 6.71. The van der Waals surface area contributed by atoms with Crippen molar-refractivity contribution in [3.63, 3.8) is 0 Å². The molecule has 0 spiro atoms. The van der Waals surface area contributed by atoms with Crippen LogP contribution in [-0.2, 0) is 0 Å². The van der Waals surface area contributed by atoms with Crippen LogP contribution in [0.3, 0.4) is 0 Å². The van der Waals surface area contributed by atoms with Crippen LogP contribution >= 0.6 is 0 Å². The molecule has 1 aliphatic rings. The molecule has 0 aliphatic carbocycles. The van der Waals surface area contributed by atoms with E-state index >= 15 is 0 Å². The monoisotopic (exact) mass is 243 g/mol. The Morgan fingerprint density at radius 2 is 1.89 bits per heavy atom. The number of unbranched alkanes of at least 4 members (excludes halogenated alkanes) is 1. The first-order valence-electron chi connectivity index (χ1n) is 6.71. The van der Waals surface area contributed by atoms with Gasteiger partial charge < -0.3 is 4.90 Å². The highest BCUT2D eigenvalue weighted by atomic mass is 15.3. The molecule has 96 valence electrons. The maximum Gasteiger partial charge on any atom is 0.0622 e. The van der Waals surface area contributed by atoms with Crippen LogP contribution < -0.4 is 4.90 Å². The zero-order valence-corrected chi connectivity index (χ0v) is 11.1. The number of aryl methyl sites for hydroxylation is 1. The molecular weight excluding hydrogens is 222 g/mol. The Labute approximate surface area is 110 Å². The van der Waals surface area contributed by atoms with Crippen molar-refractivity contribution in [2.45, 2.75) is 19.8 Å². The number of rotatable bonds is 4. The molecule has 1 aromatic carbocycles. The lowest BCUT2D eigenvalue weighted by molar-refractivity contribution is 0.256. The smallest absolute Gasteiger partial charge is 0.0622 e. The van der Waals surface area contributed by atoms with Gasteiger partial charge in [0, 0.05) is 38.3 Å². The molecule has 3 nitrogen and oxygen atoms in total. The Kier molecular flexibility index (Phi) is 4.60. The predicted molar refractivity (Wildman–Crippen MR) is 74.7 cm³/mol. The van der Waals surface area contributed by atoms with E-state index < -0.39 is 0 Å². The molecule has 18 heavy (non-hydrogen) atoms. The van der Waals surface area contributed by atoms with Crippen molar-refractivity contribution >= 4 is 5.69 Å². The molecule has 3 heteroatoms. The molecule has 1 aliphatic heterocycles. The van der Waals surface area contributed by atoms with Gasteiger partial charge in [-0.15, -0.1) is 0 Å². The fraction of sp³-hybridized carbons (Fsp3) is 0.533. The number of benzene rings is 1. The summed E-state index contributed by atoms with van der Waals surface area (Å²) in [5, 5.41) is 8.54. The second kappa shape index (κ2) is 6.42. The second-order valence-corrected chi connectivity index (χ2v) is 4.88. The van der Waals surface area contributed by atoms with Crippen molar-refractivity contribution in [2.75, 3.05) is 37.6 Å². The molecule has 1 fully saturated rings. The van der Waals surface area contributed by atoms with E-state index in [1.165, 1.54) is 11.3 Å². The molecule has 0 unspecified atom stereocenters. The highest BCUT2D eigenvalue weighted by Crippen LogP contribution is 2.20. The highest BCUT2D eigenvalue weighted by molar-refractivity contribution is 5.53. The largest absolute Gasteiger partial charge is 0.369 e. The number of nitrogens with zero attached hydrogens (tertiary/aromatic N) is 3. The standard InChI is InChI=1S/C15H21N3/c1-14-6-2-3-7-15(14)18-12-10-17(11-13-18)9-5-4-8-16/h2-3,6-7H,4-5,9-13H2,1H3. The highest BCUT2D eigenvalue weighted by Gasteiger charge is 2.17. The van der Waals surface area contributed by atoms with E-state index in [-0.39, 0.29) is 0 Å². The van der Waals surface area contributed by atoms with Gasteiger partial charge in [0.2, 0.25) is 0 Å². The zero-order chi connectivity index (χ0) is 12.8. The number of hydrogen-bond acceptors (Lipinski definition) is 3. The molecule has 0 amide bonds. The number of piperazine rings is 1. The molecule has 1 saturated heterocycles. The van der Waals surface area contributed by atoms with Crippen LogP contribution in [0.5, 0.6) is 0 Å². The zero-order valence-electron chi connectivity index (χ0n) is 11.1. The summed E-state index contributed by atoms with van der Waals surface area (Å²) in [5.74, 6) is 0. The lowest BCUT2D eigenvalue weighted by atomic mass is 10.1. The Hall–Kier alpha value is -1.53. The van der Waals surface area contributed by atoms with Gasteiger partial charge in [-0.25, -0.2) is 0 Å². The van der Waals surface area contributed by atoms with Crippen LogP contribution in [0.15, 0.2) is 24.3 Å². The van der Waals surface area contributed by atoms with E-state index in [0.717, 1.165) is 39.1 Å². The molecule has 0 saturated carbocycles. The summed E-state index contributed by atoms with van der Waals surface area (Å²) in [6.07, 6.45) is 1.68. The molecular formula is C15H21N3. The predicted octanol–water partition coefficient (Wildman–Crippen LogP) is 2.42. The third-order valence-corrected chi connectivity index (χ3v) is 3.59. The topological polar surface area (TPSA) is 30.3 Å². The van der Waals surface area contributed by atoms with E-state index in [1.54, 1.807) is 0 Å². The first-order chi connectivity index (χ1) is 8.81. The molecule has 1 aromatic rings. The lowest BCUT2D eigenvalue weighted by Gasteiger charge is -2.36. The number of hydrogen-bond donors (Lipinski definition) is 0. The Balaban J connectivity index is 1.84. The molecule has 0 radical (unpaired) electrons. The van der Waals surface area contributed by atoms with Crippen LogP contribution in [0, 0.1) is 18.3 Å². The normalized spacial score (nSPS) is 16.6. The van der Waals surface area contributed by atoms with Crippen molar-refractivity contribution in [2.24, 2.45) is 0 Å². The maximum atomic E-state index is 8.54. The van der Waals surface area contributed by atoms with E-state index in [0.29, 0.717) is 6.42 Å². The van der Waals surface area contributed by atoms with Crippen LogP contribution in [0.1, 0.15) is 18.4 Å². The van der Waals surface area contributed by atoms with Crippen LogP contribution in [0.2, 0.25) is 0 Å². The van der Waals surface area contributed by atoms with Gasteiger partial charge in [0.25, 0.3) is 0 Å². The number of nitriles is 1. The van der Waals surface area contributed by atoms with E-state index in [2.05, 4.69) is 47.1 Å². The quantitative estimate of drug-likeness (QED) is 0.761. The molecule has 0 atom stereocenters. The lowest BCUT2D eigenvalue weighted by Crippen LogP contribution is -2.46. The molecule has 0 aromatic heterocycles. The van der Waals surface area contributed by atoms with Gasteiger partial charge >= 0.3 is 0 Å². The summed E-state index contributed by atoms with van der Waals surface area (Å²) in [7, 11) is 0. The van der Waals surface area contributed by atoms with Crippen molar-refractivity contribution in [3.8, 4) is 6.07 Å². The van der Waals surface area contributed by atoms with Crippen molar-refractivity contribution < 1.29 is 0 Å². The minimum Gasteiger partial charge on any atom is -0.369 e. The maximum absolute atomic E-state index is 8.54. The Morgan fingerprint density at radius 3 is 2.56 bits per heavy atom. The van der Waals surface area contributed by atoms with E-state index in [1.807, 2.05) is 0 Å². The summed E-state index contributed by atoms with van der Waals surface area (Å²) >= 11 is 0. The average molecular weight is 243 g/mol. The molecule has 2 rings (SSSR count). The fourth-order valence-corrected chi connectivity index (χ4v) is 2.51. The van der Waals surface area contributed by atoms with Gasteiger partial charge in [-0.1, -0.05) is 18.2 Å². The minimum atomic E-state index is 0.679. The first kappa shape index (κ1) is 12.9. The van der Waals surface area contributed by atoms with Gasteiger partial charge in [-0.3, -0.25) is 4.90 Å². The SMILES string of the molecule is Cc1ccccc1N1CCN(CCCC#N)CC1. The van der Waals surface area contributed by atoms with Gasteiger partial charge in [0.05, 0.1) is 6.07 Å². The molecule has 0 bridgehead atoms. The van der Waals surface area contributed by atoms with Crippen LogP contribution in [0.4, 0.5) is 5.69 Å². The van der Waals surface area contributed by atoms with E-state index in [4.69, 9.17) is 5.26 Å². The van der Waals surface area contributed by atoms with Gasteiger partial charge in [0.1, 0.15) is 0 Å². The summed E-state index contributed by atoms with van der Waals surface area (Å²) in [6.45, 7) is 7.65. The molecule has 1 heterocycles. The number of anilines is 1. The van der Waals surface area contributed by atoms with Crippen molar-refractivity contribution in [1.29, 1.82) is 5.26 Å². The second-order valence-electron chi connectivity index (χ2n) is 4.88. The van der Waals surface area contributed by atoms with E-state index in [9.17, 15) is 0 Å². The summed E-state index contributed by atoms with van der Waals surface area (Å²) in [6, 6.07) is 10.8. The van der Waals surface area contributed by atoms with Gasteiger partial charge in [-0.05, 0) is 31.5 Å². The third-order valence-electron chi connectivity index (χ3n) is 3.59. The van der Waals surface area contributed by atoms with Crippen LogP contribution in [-0.4, -0.2) is 37.6 Å². The van der Waals surface area contributed by atoms with Crippen molar-refractivity contribution in [1.82, 2.24) is 4.90 Å². The summed E-state index contributed by atoms with van der Waals surface area (Å²) in [4.78, 5) is 4.93. The van der Waals surface area contributed by atoms with Crippen molar-refractivity contribution in [3.05, 3.63) is 29.8 Å². The van der Waals surface area contributed by atoms with Crippen LogP contribution in [0.25, 0.3) is 0 Å². The fourth-order valence-electron chi connectivity index (χ4n) is 2.51.